The molecule has 0 bridgehead atoms. The van der Waals surface area contributed by atoms with Crippen LogP contribution in [0.25, 0.3) is 0 Å². The molecule has 0 spiro atoms. The quantitative estimate of drug-likeness (QED) is 0.439. The lowest BCUT2D eigenvalue weighted by atomic mass is 10.2. The number of rotatable bonds is 7. The molecule has 0 aliphatic heterocycles. The maximum atomic E-state index is 12.8. The first-order valence-corrected chi connectivity index (χ1v) is 9.53. The summed E-state index contributed by atoms with van der Waals surface area (Å²) in [5.74, 6) is -0.505. The van der Waals surface area contributed by atoms with Crippen molar-refractivity contribution < 1.29 is 9.72 Å². The molecule has 2 heterocycles. The van der Waals surface area contributed by atoms with E-state index in [1.807, 2.05) is 12.1 Å². The predicted molar refractivity (Wildman–Crippen MR) is 109 cm³/mol. The number of hydrogen-bond acceptors (Lipinski definition) is 5. The van der Waals surface area contributed by atoms with Gasteiger partial charge < -0.3 is 15.4 Å². The minimum atomic E-state index is -0.735. The van der Waals surface area contributed by atoms with Crippen LogP contribution in [0.3, 0.4) is 0 Å². The highest BCUT2D eigenvalue weighted by atomic mass is 35.5. The molecule has 0 aliphatic carbocycles. The maximum absolute atomic E-state index is 12.8. The van der Waals surface area contributed by atoms with Crippen molar-refractivity contribution in [2.75, 3.05) is 5.32 Å². The minimum absolute atomic E-state index is 0.211. The normalized spacial score (nSPS) is 12.0. The van der Waals surface area contributed by atoms with Crippen LogP contribution >= 0.6 is 23.2 Å². The molecule has 152 valence electrons. The van der Waals surface area contributed by atoms with Crippen LogP contribution in [0.5, 0.6) is 0 Å². The van der Waals surface area contributed by atoms with Gasteiger partial charge in [-0.25, -0.2) is 0 Å². The summed E-state index contributed by atoms with van der Waals surface area (Å²) in [6.07, 6.45) is 1.99. The molecule has 9 nitrogen and oxygen atoms in total. The number of nitrogens with zero attached hydrogens (tertiary/aromatic N) is 5. The van der Waals surface area contributed by atoms with Gasteiger partial charge in [-0.2, -0.15) is 9.78 Å². The number of aromatic nitrogens is 4. The predicted octanol–water partition coefficient (Wildman–Crippen LogP) is 4.24. The largest absolute Gasteiger partial charge is 0.390 e. The lowest BCUT2D eigenvalue weighted by Gasteiger charge is -2.13. The van der Waals surface area contributed by atoms with Crippen LogP contribution in [-0.4, -0.2) is 30.4 Å². The maximum Gasteiger partial charge on any atom is 0.390 e. The van der Waals surface area contributed by atoms with E-state index in [1.54, 1.807) is 36.9 Å². The first-order valence-electron chi connectivity index (χ1n) is 8.77. The molecule has 1 N–H and O–H groups in total. The van der Waals surface area contributed by atoms with Gasteiger partial charge in [-0.3, -0.25) is 9.48 Å². The summed E-state index contributed by atoms with van der Waals surface area (Å²) in [7, 11) is 0. The molecule has 0 saturated carbocycles. The molecule has 0 aliphatic rings. The lowest BCUT2D eigenvalue weighted by Crippen LogP contribution is -2.27. The molecular formula is C18H18Cl2N6O3. The number of hydrogen-bond donors (Lipinski definition) is 1. The molecular weight excluding hydrogens is 419 g/mol. The van der Waals surface area contributed by atoms with Crippen molar-refractivity contribution >= 4 is 40.7 Å². The summed E-state index contributed by atoms with van der Waals surface area (Å²) in [4.78, 5) is 23.1. The molecule has 0 saturated heterocycles. The highest BCUT2D eigenvalue weighted by Gasteiger charge is 2.28. The van der Waals surface area contributed by atoms with Crippen molar-refractivity contribution in [3.63, 3.8) is 0 Å². The van der Waals surface area contributed by atoms with Crippen LogP contribution in [0.4, 0.5) is 11.6 Å². The summed E-state index contributed by atoms with van der Waals surface area (Å²) in [6, 6.07) is 7.89. The molecule has 1 atom stereocenters. The van der Waals surface area contributed by atoms with Crippen LogP contribution in [-0.2, 0) is 11.3 Å². The number of anilines is 1. The first kappa shape index (κ1) is 20.8. The molecule has 1 amide bonds. The number of halogens is 2. The van der Waals surface area contributed by atoms with Gasteiger partial charge in [-0.1, -0.05) is 42.3 Å². The highest BCUT2D eigenvalue weighted by Crippen LogP contribution is 2.24. The Morgan fingerprint density at radius 1 is 1.28 bits per heavy atom. The van der Waals surface area contributed by atoms with Crippen LogP contribution in [0, 0.1) is 17.0 Å². The van der Waals surface area contributed by atoms with Crippen LogP contribution in [0.2, 0.25) is 10.0 Å². The van der Waals surface area contributed by atoms with Gasteiger partial charge in [-0.05, 0) is 36.0 Å². The SMILES string of the molecule is CCC(C(=O)Nc1nn(Cc2ccc(Cl)cc2)cc1Cl)n1nc([N+](=O)[O-])cc1C. The van der Waals surface area contributed by atoms with Crippen LogP contribution < -0.4 is 5.32 Å². The van der Waals surface area contributed by atoms with E-state index < -0.39 is 16.9 Å². The molecule has 3 aromatic rings. The van der Waals surface area contributed by atoms with Gasteiger partial charge in [0.1, 0.15) is 5.02 Å². The standard InChI is InChI=1S/C18H18Cl2N6O3/c1-3-15(25-11(2)8-16(22-25)26(28)29)18(27)21-17-14(20)10-24(23-17)9-12-4-6-13(19)7-5-12/h4-8,10,15H,3,9H2,1-2H3,(H,21,23,27). The Hall–Kier alpha value is -2.91. The van der Waals surface area contributed by atoms with Gasteiger partial charge in [0.15, 0.2) is 11.9 Å². The smallest absolute Gasteiger partial charge is 0.358 e. The fraction of sp³-hybridized carbons (Fsp3) is 0.278. The first-order chi connectivity index (χ1) is 13.8. The summed E-state index contributed by atoms with van der Waals surface area (Å²) in [5, 5.41) is 22.8. The Labute approximate surface area is 176 Å². The van der Waals surface area contributed by atoms with E-state index in [1.165, 1.54) is 10.7 Å². The molecule has 1 aromatic carbocycles. The number of nitrogens with one attached hydrogen (secondary N) is 1. The van der Waals surface area contributed by atoms with Gasteiger partial charge >= 0.3 is 5.82 Å². The van der Waals surface area contributed by atoms with Crippen molar-refractivity contribution in [2.45, 2.75) is 32.9 Å². The van der Waals surface area contributed by atoms with E-state index in [-0.39, 0.29) is 16.7 Å². The second kappa shape index (κ2) is 8.62. The molecule has 0 fully saturated rings. The van der Waals surface area contributed by atoms with Crippen molar-refractivity contribution in [2.24, 2.45) is 0 Å². The average Bonchev–Trinajstić information content (AvgIpc) is 3.21. The van der Waals surface area contributed by atoms with Crippen molar-refractivity contribution in [1.29, 1.82) is 0 Å². The van der Waals surface area contributed by atoms with Crippen molar-refractivity contribution in [1.82, 2.24) is 19.6 Å². The Bertz CT molecular complexity index is 1040. The van der Waals surface area contributed by atoms with Gasteiger partial charge in [0, 0.05) is 11.2 Å². The molecule has 29 heavy (non-hydrogen) atoms. The Morgan fingerprint density at radius 3 is 2.55 bits per heavy atom. The summed E-state index contributed by atoms with van der Waals surface area (Å²) in [6.45, 7) is 3.90. The molecule has 2 aromatic heterocycles. The van der Waals surface area contributed by atoms with E-state index in [2.05, 4.69) is 15.5 Å². The van der Waals surface area contributed by atoms with Crippen LogP contribution in [0.1, 0.15) is 30.6 Å². The zero-order valence-corrected chi connectivity index (χ0v) is 17.2. The van der Waals surface area contributed by atoms with Crippen molar-refractivity contribution in [3.05, 3.63) is 67.9 Å². The third kappa shape index (κ3) is 4.75. The highest BCUT2D eigenvalue weighted by molar-refractivity contribution is 6.33. The second-order valence-corrected chi connectivity index (χ2v) is 7.25. The Balaban J connectivity index is 1.76. The van der Waals surface area contributed by atoms with E-state index in [0.717, 1.165) is 5.56 Å². The summed E-state index contributed by atoms with van der Waals surface area (Å²) in [5.41, 5.74) is 1.48. The van der Waals surface area contributed by atoms with Gasteiger partial charge in [0.2, 0.25) is 0 Å². The van der Waals surface area contributed by atoms with E-state index >= 15 is 0 Å². The second-order valence-electron chi connectivity index (χ2n) is 6.41. The Kier molecular flexibility index (Phi) is 6.19. The number of carbonyl (C=O) groups excluding carboxylic acids is 1. The lowest BCUT2D eigenvalue weighted by molar-refractivity contribution is -0.389. The fourth-order valence-electron chi connectivity index (χ4n) is 2.88. The van der Waals surface area contributed by atoms with E-state index in [0.29, 0.717) is 23.7 Å². The van der Waals surface area contributed by atoms with Gasteiger partial charge in [0.25, 0.3) is 5.91 Å². The number of carbonyl (C=O) groups is 1. The van der Waals surface area contributed by atoms with Gasteiger partial charge in [0.05, 0.1) is 23.4 Å². The molecule has 11 heteroatoms. The summed E-state index contributed by atoms with van der Waals surface area (Å²) < 4.78 is 2.94. The number of aryl methyl sites for hydroxylation is 1. The minimum Gasteiger partial charge on any atom is -0.358 e. The summed E-state index contributed by atoms with van der Waals surface area (Å²) >= 11 is 12.1. The topological polar surface area (TPSA) is 108 Å². The number of benzene rings is 1. The monoisotopic (exact) mass is 436 g/mol. The van der Waals surface area contributed by atoms with Gasteiger partial charge in [-0.15, -0.1) is 0 Å². The molecule has 0 radical (unpaired) electrons. The zero-order valence-electron chi connectivity index (χ0n) is 15.7. The molecule has 1 unspecified atom stereocenters. The van der Waals surface area contributed by atoms with Crippen molar-refractivity contribution in [3.8, 4) is 0 Å². The zero-order chi connectivity index (χ0) is 21.1. The van der Waals surface area contributed by atoms with E-state index in [4.69, 9.17) is 23.2 Å². The number of amides is 1. The third-order valence-corrected chi connectivity index (χ3v) is 4.83. The van der Waals surface area contributed by atoms with E-state index in [9.17, 15) is 14.9 Å². The third-order valence-electron chi connectivity index (χ3n) is 4.30. The van der Waals surface area contributed by atoms with Crippen LogP contribution in [0.15, 0.2) is 36.5 Å². The number of nitro groups is 1. The molecule has 3 rings (SSSR count). The Morgan fingerprint density at radius 2 is 1.97 bits per heavy atom. The average molecular weight is 437 g/mol. The fourth-order valence-corrected chi connectivity index (χ4v) is 3.21.